The quantitative estimate of drug-likeness (QED) is 0.713. The van der Waals surface area contributed by atoms with Crippen LogP contribution in [0.4, 0.5) is 0 Å². The number of hydrogen-bond donors (Lipinski definition) is 2. The topological polar surface area (TPSA) is 88.0 Å². The third-order valence-electron chi connectivity index (χ3n) is 3.81. The van der Waals surface area contributed by atoms with Crippen molar-refractivity contribution >= 4 is 5.91 Å². The minimum Gasteiger partial charge on any atom is -0.355 e. The van der Waals surface area contributed by atoms with Crippen LogP contribution in [0.15, 0.2) is 0 Å². The molecule has 1 unspecified atom stereocenters. The second-order valence-corrected chi connectivity index (χ2v) is 5.36. The summed E-state index contributed by atoms with van der Waals surface area (Å²) in [6.45, 7) is 5.62. The Labute approximate surface area is 117 Å². The first-order valence-corrected chi connectivity index (χ1v) is 7.28. The van der Waals surface area contributed by atoms with Crippen molar-refractivity contribution in [3.05, 3.63) is 5.82 Å². The van der Waals surface area contributed by atoms with E-state index >= 15 is 0 Å². The minimum absolute atomic E-state index is 0.0742. The summed E-state index contributed by atoms with van der Waals surface area (Å²) in [5.41, 5.74) is 0. The van der Waals surface area contributed by atoms with E-state index in [2.05, 4.69) is 31.1 Å². The van der Waals surface area contributed by atoms with Crippen LogP contribution in [0.5, 0.6) is 0 Å². The Bertz CT molecular complexity index is 470. The van der Waals surface area contributed by atoms with E-state index in [1.54, 1.807) is 0 Å². The fraction of sp³-hybridized carbons (Fsp3) is 0.833. The average molecular weight is 279 g/mol. The first kappa shape index (κ1) is 13.4. The molecule has 8 heteroatoms. The highest BCUT2D eigenvalue weighted by molar-refractivity contribution is 5.82. The van der Waals surface area contributed by atoms with Crippen molar-refractivity contribution in [2.75, 3.05) is 26.2 Å². The summed E-state index contributed by atoms with van der Waals surface area (Å²) >= 11 is 0. The standard InChI is InChI=1S/C12H21N7O/c1-2-14-12(20)10-7-13-5-6-18(10)8-11-15-16-17-19(11)9-3-4-9/h9-10,13H,2-8H2,1H3,(H,14,20). The molecule has 1 saturated heterocycles. The summed E-state index contributed by atoms with van der Waals surface area (Å²) in [4.78, 5) is 14.3. The largest absolute Gasteiger partial charge is 0.355 e. The van der Waals surface area contributed by atoms with Crippen molar-refractivity contribution in [3.8, 4) is 0 Å². The molecular weight excluding hydrogens is 258 g/mol. The molecule has 1 saturated carbocycles. The van der Waals surface area contributed by atoms with Crippen molar-refractivity contribution in [1.29, 1.82) is 0 Å². The smallest absolute Gasteiger partial charge is 0.238 e. The zero-order valence-corrected chi connectivity index (χ0v) is 11.7. The van der Waals surface area contributed by atoms with Crippen LogP contribution in [-0.2, 0) is 11.3 Å². The molecule has 1 amide bonds. The van der Waals surface area contributed by atoms with Crippen LogP contribution >= 0.6 is 0 Å². The average Bonchev–Trinajstić information content (AvgIpc) is 3.20. The second kappa shape index (κ2) is 5.84. The Morgan fingerprint density at radius 3 is 3.10 bits per heavy atom. The monoisotopic (exact) mass is 279 g/mol. The van der Waals surface area contributed by atoms with Crippen molar-refractivity contribution in [2.45, 2.75) is 38.4 Å². The number of piperazine rings is 1. The molecule has 1 aromatic rings. The van der Waals surface area contributed by atoms with Gasteiger partial charge in [-0.2, -0.15) is 0 Å². The van der Waals surface area contributed by atoms with Gasteiger partial charge in [-0.15, -0.1) is 5.10 Å². The van der Waals surface area contributed by atoms with Crippen LogP contribution in [0.2, 0.25) is 0 Å². The molecule has 1 aliphatic carbocycles. The molecule has 0 aromatic carbocycles. The summed E-state index contributed by atoms with van der Waals surface area (Å²) in [6, 6.07) is 0.318. The fourth-order valence-corrected chi connectivity index (χ4v) is 2.59. The van der Waals surface area contributed by atoms with Gasteiger partial charge in [-0.25, -0.2) is 4.68 Å². The normalized spacial score (nSPS) is 23.8. The second-order valence-electron chi connectivity index (χ2n) is 5.36. The maximum Gasteiger partial charge on any atom is 0.238 e. The van der Waals surface area contributed by atoms with E-state index in [0.717, 1.165) is 31.8 Å². The SMILES string of the molecule is CCNC(=O)C1CNCCN1Cc1nnnn1C1CC1. The van der Waals surface area contributed by atoms with E-state index in [1.807, 2.05) is 11.6 Å². The van der Waals surface area contributed by atoms with Crippen molar-refractivity contribution in [2.24, 2.45) is 0 Å². The molecule has 2 N–H and O–H groups in total. The number of hydrogen-bond acceptors (Lipinski definition) is 6. The molecule has 110 valence electrons. The van der Waals surface area contributed by atoms with Crippen molar-refractivity contribution in [1.82, 2.24) is 35.7 Å². The number of carbonyl (C=O) groups is 1. The van der Waals surface area contributed by atoms with Gasteiger partial charge in [0.2, 0.25) is 5.91 Å². The Hall–Kier alpha value is -1.54. The fourth-order valence-electron chi connectivity index (χ4n) is 2.59. The summed E-state index contributed by atoms with van der Waals surface area (Å²) < 4.78 is 1.91. The highest BCUT2D eigenvalue weighted by Gasteiger charge is 2.32. The third kappa shape index (κ3) is 2.80. The molecular formula is C12H21N7O. The first-order chi connectivity index (χ1) is 9.79. The van der Waals surface area contributed by atoms with Crippen molar-refractivity contribution in [3.63, 3.8) is 0 Å². The highest BCUT2D eigenvalue weighted by atomic mass is 16.2. The molecule has 20 heavy (non-hydrogen) atoms. The third-order valence-corrected chi connectivity index (χ3v) is 3.81. The predicted molar refractivity (Wildman–Crippen MR) is 71.8 cm³/mol. The Kier molecular flexibility index (Phi) is 3.93. The van der Waals surface area contributed by atoms with Gasteiger partial charge >= 0.3 is 0 Å². The number of rotatable bonds is 5. The maximum atomic E-state index is 12.1. The first-order valence-electron chi connectivity index (χ1n) is 7.28. The van der Waals surface area contributed by atoms with E-state index in [0.29, 0.717) is 25.7 Å². The van der Waals surface area contributed by atoms with E-state index < -0.39 is 0 Å². The molecule has 3 rings (SSSR count). The van der Waals surface area contributed by atoms with Gasteiger partial charge in [0.05, 0.1) is 12.6 Å². The molecule has 0 radical (unpaired) electrons. The van der Waals surface area contributed by atoms with Crippen LogP contribution in [-0.4, -0.2) is 63.2 Å². The van der Waals surface area contributed by atoms with E-state index in [-0.39, 0.29) is 11.9 Å². The maximum absolute atomic E-state index is 12.1. The molecule has 2 aliphatic rings. The lowest BCUT2D eigenvalue weighted by atomic mass is 10.1. The van der Waals surface area contributed by atoms with Crippen LogP contribution < -0.4 is 10.6 Å². The lowest BCUT2D eigenvalue weighted by Gasteiger charge is -2.34. The molecule has 0 spiro atoms. The lowest BCUT2D eigenvalue weighted by molar-refractivity contribution is -0.127. The molecule has 0 bridgehead atoms. The molecule has 1 aliphatic heterocycles. The number of nitrogens with one attached hydrogen (secondary N) is 2. The summed E-state index contributed by atoms with van der Waals surface area (Å²) in [6.07, 6.45) is 2.30. The predicted octanol–water partition coefficient (Wildman–Crippen LogP) is -1.08. The van der Waals surface area contributed by atoms with Gasteiger partial charge in [-0.1, -0.05) is 0 Å². The number of carbonyl (C=O) groups excluding carboxylic acids is 1. The van der Waals surface area contributed by atoms with Gasteiger partial charge in [0.25, 0.3) is 0 Å². The zero-order chi connectivity index (χ0) is 13.9. The number of tetrazole rings is 1. The Balaban J connectivity index is 1.69. The summed E-state index contributed by atoms with van der Waals surface area (Å²) in [7, 11) is 0. The van der Waals surface area contributed by atoms with Crippen LogP contribution in [0.25, 0.3) is 0 Å². The number of amides is 1. The van der Waals surface area contributed by atoms with Gasteiger partial charge in [0.1, 0.15) is 6.04 Å². The van der Waals surface area contributed by atoms with E-state index in [9.17, 15) is 4.79 Å². The summed E-state index contributed by atoms with van der Waals surface area (Å²) in [5.74, 6) is 0.939. The van der Waals surface area contributed by atoms with Gasteiger partial charge in [0, 0.05) is 26.2 Å². The van der Waals surface area contributed by atoms with Gasteiger partial charge < -0.3 is 10.6 Å². The van der Waals surface area contributed by atoms with Gasteiger partial charge in [0.15, 0.2) is 5.82 Å². The highest BCUT2D eigenvalue weighted by Crippen LogP contribution is 2.34. The zero-order valence-electron chi connectivity index (χ0n) is 11.7. The number of aromatic nitrogens is 4. The Morgan fingerprint density at radius 1 is 1.50 bits per heavy atom. The van der Waals surface area contributed by atoms with Crippen LogP contribution in [0, 0.1) is 0 Å². The molecule has 1 atom stereocenters. The van der Waals surface area contributed by atoms with Crippen LogP contribution in [0.1, 0.15) is 31.6 Å². The van der Waals surface area contributed by atoms with E-state index in [1.165, 1.54) is 0 Å². The van der Waals surface area contributed by atoms with Gasteiger partial charge in [-0.3, -0.25) is 9.69 Å². The Morgan fingerprint density at radius 2 is 2.35 bits per heavy atom. The number of likely N-dealkylation sites (N-methyl/N-ethyl adjacent to an activating group) is 1. The van der Waals surface area contributed by atoms with Crippen LogP contribution in [0.3, 0.4) is 0 Å². The van der Waals surface area contributed by atoms with Gasteiger partial charge in [-0.05, 0) is 30.2 Å². The minimum atomic E-state index is -0.145. The molecule has 2 heterocycles. The lowest BCUT2D eigenvalue weighted by Crippen LogP contribution is -2.57. The summed E-state index contributed by atoms with van der Waals surface area (Å²) in [5, 5.41) is 18.1. The molecule has 1 aromatic heterocycles. The van der Waals surface area contributed by atoms with Crippen molar-refractivity contribution < 1.29 is 4.79 Å². The molecule has 8 nitrogen and oxygen atoms in total. The number of nitrogens with zero attached hydrogens (tertiary/aromatic N) is 5. The van der Waals surface area contributed by atoms with E-state index in [4.69, 9.17) is 0 Å². The molecule has 2 fully saturated rings.